The minimum Gasteiger partial charge on any atom is -0.465 e. The molecule has 1 aliphatic rings. The normalized spacial score (nSPS) is 16.1. The number of methoxy groups -OCH3 is 1. The van der Waals surface area contributed by atoms with Crippen LogP contribution in [0.15, 0.2) is 11.4 Å². The van der Waals surface area contributed by atoms with Crippen LogP contribution in [0.3, 0.4) is 0 Å². The van der Waals surface area contributed by atoms with E-state index >= 15 is 0 Å². The van der Waals surface area contributed by atoms with Crippen LogP contribution in [-0.2, 0) is 4.74 Å². The Morgan fingerprint density at radius 1 is 1.64 bits per heavy atom. The topological polar surface area (TPSA) is 38.3 Å². The van der Waals surface area contributed by atoms with Gasteiger partial charge in [-0.2, -0.15) is 0 Å². The number of ether oxygens (including phenoxy) is 1. The fraction of sp³-hybridized carbons (Fsp3) is 0.500. The van der Waals surface area contributed by atoms with Gasteiger partial charge in [-0.1, -0.05) is 0 Å². The number of nitrogens with one attached hydrogen (secondary N) is 1. The van der Waals surface area contributed by atoms with E-state index in [9.17, 15) is 4.79 Å². The molecule has 1 aromatic heterocycles. The van der Waals surface area contributed by atoms with Gasteiger partial charge in [0.2, 0.25) is 0 Å². The van der Waals surface area contributed by atoms with Crippen LogP contribution in [0.2, 0.25) is 0 Å². The van der Waals surface area contributed by atoms with E-state index in [0.717, 1.165) is 5.69 Å². The lowest BCUT2D eigenvalue weighted by atomic mass is 9.93. The standard InChI is InChI=1S/C10H13NO2S/c1-13-10(12)9-8(5-6-14-9)11-7-3-2-4-7/h5-7,11H,2-4H2,1H3. The summed E-state index contributed by atoms with van der Waals surface area (Å²) in [6.45, 7) is 0. The molecule has 1 fully saturated rings. The molecule has 0 bridgehead atoms. The quantitative estimate of drug-likeness (QED) is 0.781. The van der Waals surface area contributed by atoms with Gasteiger partial charge in [-0.25, -0.2) is 4.79 Å². The van der Waals surface area contributed by atoms with Gasteiger partial charge >= 0.3 is 5.97 Å². The molecule has 14 heavy (non-hydrogen) atoms. The maximum atomic E-state index is 11.3. The van der Waals surface area contributed by atoms with Gasteiger partial charge in [0, 0.05) is 6.04 Å². The Balaban J connectivity index is 2.08. The van der Waals surface area contributed by atoms with Crippen molar-refractivity contribution in [3.8, 4) is 0 Å². The number of carbonyl (C=O) groups excluding carboxylic acids is 1. The lowest BCUT2D eigenvalue weighted by molar-refractivity contribution is 0.0607. The Labute approximate surface area is 87.1 Å². The van der Waals surface area contributed by atoms with Gasteiger partial charge in [-0.05, 0) is 30.7 Å². The van der Waals surface area contributed by atoms with Crippen LogP contribution in [0.4, 0.5) is 5.69 Å². The van der Waals surface area contributed by atoms with Gasteiger partial charge in [-0.15, -0.1) is 11.3 Å². The maximum absolute atomic E-state index is 11.3. The summed E-state index contributed by atoms with van der Waals surface area (Å²) in [7, 11) is 1.41. The first-order valence-electron chi connectivity index (χ1n) is 4.73. The van der Waals surface area contributed by atoms with Crippen molar-refractivity contribution in [2.24, 2.45) is 0 Å². The van der Waals surface area contributed by atoms with Gasteiger partial charge in [0.15, 0.2) is 0 Å². The number of esters is 1. The van der Waals surface area contributed by atoms with Crippen LogP contribution >= 0.6 is 11.3 Å². The fourth-order valence-corrected chi connectivity index (χ4v) is 2.22. The molecule has 3 nitrogen and oxygen atoms in total. The molecule has 0 radical (unpaired) electrons. The Kier molecular flexibility index (Phi) is 2.72. The van der Waals surface area contributed by atoms with Crippen molar-refractivity contribution in [2.75, 3.05) is 12.4 Å². The first kappa shape index (κ1) is 9.52. The zero-order valence-corrected chi connectivity index (χ0v) is 8.89. The molecule has 1 aliphatic carbocycles. The summed E-state index contributed by atoms with van der Waals surface area (Å²) in [5.41, 5.74) is 0.923. The van der Waals surface area contributed by atoms with Crippen LogP contribution in [-0.4, -0.2) is 19.1 Å². The van der Waals surface area contributed by atoms with E-state index in [1.54, 1.807) is 0 Å². The zero-order valence-electron chi connectivity index (χ0n) is 8.08. The lowest BCUT2D eigenvalue weighted by Crippen LogP contribution is -2.27. The molecule has 0 saturated heterocycles. The van der Waals surface area contributed by atoms with E-state index in [-0.39, 0.29) is 5.97 Å². The molecular formula is C10H13NO2S. The van der Waals surface area contributed by atoms with E-state index < -0.39 is 0 Å². The highest BCUT2D eigenvalue weighted by Crippen LogP contribution is 2.28. The summed E-state index contributed by atoms with van der Waals surface area (Å²) in [5.74, 6) is -0.248. The predicted octanol–water partition coefficient (Wildman–Crippen LogP) is 2.50. The molecule has 0 spiro atoms. The summed E-state index contributed by atoms with van der Waals surface area (Å²) in [5, 5.41) is 5.26. The van der Waals surface area contributed by atoms with Gasteiger partial charge < -0.3 is 10.1 Å². The molecule has 0 aromatic carbocycles. The molecular weight excluding hydrogens is 198 g/mol. The third-order valence-corrected chi connectivity index (χ3v) is 3.40. The number of anilines is 1. The number of rotatable bonds is 3. The van der Waals surface area contributed by atoms with Crippen LogP contribution in [0.1, 0.15) is 28.9 Å². The van der Waals surface area contributed by atoms with E-state index in [4.69, 9.17) is 4.74 Å². The molecule has 76 valence electrons. The summed E-state index contributed by atoms with van der Waals surface area (Å²) < 4.78 is 4.70. The minimum atomic E-state index is -0.248. The van der Waals surface area contributed by atoms with Crippen molar-refractivity contribution in [1.82, 2.24) is 0 Å². The number of thiophene rings is 1. The van der Waals surface area contributed by atoms with Crippen molar-refractivity contribution in [1.29, 1.82) is 0 Å². The predicted molar refractivity (Wildman–Crippen MR) is 56.9 cm³/mol. The number of carbonyl (C=O) groups is 1. The highest BCUT2D eigenvalue weighted by molar-refractivity contribution is 7.12. The van der Waals surface area contributed by atoms with Crippen molar-refractivity contribution in [3.63, 3.8) is 0 Å². The fourth-order valence-electron chi connectivity index (χ4n) is 1.45. The Morgan fingerprint density at radius 3 is 3.00 bits per heavy atom. The van der Waals surface area contributed by atoms with E-state index in [1.165, 1.54) is 37.7 Å². The van der Waals surface area contributed by atoms with Crippen molar-refractivity contribution in [3.05, 3.63) is 16.3 Å². The number of hydrogen-bond acceptors (Lipinski definition) is 4. The van der Waals surface area contributed by atoms with Gasteiger partial charge in [-0.3, -0.25) is 0 Å². The lowest BCUT2D eigenvalue weighted by Gasteiger charge is -2.27. The summed E-state index contributed by atoms with van der Waals surface area (Å²) in [6, 6.07) is 2.49. The average molecular weight is 211 g/mol. The third kappa shape index (κ3) is 1.75. The third-order valence-electron chi connectivity index (χ3n) is 2.50. The molecule has 0 atom stereocenters. The molecule has 1 heterocycles. The van der Waals surface area contributed by atoms with Gasteiger partial charge in [0.05, 0.1) is 12.8 Å². The highest BCUT2D eigenvalue weighted by atomic mass is 32.1. The van der Waals surface area contributed by atoms with E-state index in [2.05, 4.69) is 5.32 Å². The molecule has 0 amide bonds. The SMILES string of the molecule is COC(=O)c1sccc1NC1CCC1. The largest absolute Gasteiger partial charge is 0.465 e. The second kappa shape index (κ2) is 4.00. The molecule has 0 unspecified atom stereocenters. The summed E-state index contributed by atoms with van der Waals surface area (Å²) in [4.78, 5) is 12.0. The van der Waals surface area contributed by atoms with Crippen molar-refractivity contribution >= 4 is 23.0 Å². The molecule has 1 N–H and O–H groups in total. The van der Waals surface area contributed by atoms with Crippen LogP contribution in [0, 0.1) is 0 Å². The Morgan fingerprint density at radius 2 is 2.43 bits per heavy atom. The molecule has 1 aromatic rings. The smallest absolute Gasteiger partial charge is 0.350 e. The Bertz CT molecular complexity index is 331. The monoisotopic (exact) mass is 211 g/mol. The average Bonchev–Trinajstić information content (AvgIpc) is 2.58. The first-order chi connectivity index (χ1) is 6.81. The Hall–Kier alpha value is -1.03. The minimum absolute atomic E-state index is 0.248. The van der Waals surface area contributed by atoms with Crippen molar-refractivity contribution in [2.45, 2.75) is 25.3 Å². The molecule has 1 saturated carbocycles. The highest BCUT2D eigenvalue weighted by Gasteiger charge is 2.20. The second-order valence-electron chi connectivity index (χ2n) is 3.43. The van der Waals surface area contributed by atoms with Crippen LogP contribution < -0.4 is 5.32 Å². The van der Waals surface area contributed by atoms with E-state index in [1.807, 2.05) is 11.4 Å². The molecule has 2 rings (SSSR count). The van der Waals surface area contributed by atoms with E-state index in [0.29, 0.717) is 10.9 Å². The zero-order chi connectivity index (χ0) is 9.97. The van der Waals surface area contributed by atoms with Gasteiger partial charge in [0.25, 0.3) is 0 Å². The summed E-state index contributed by atoms with van der Waals surface area (Å²) >= 11 is 1.42. The summed E-state index contributed by atoms with van der Waals surface area (Å²) in [6.07, 6.45) is 3.70. The molecule has 4 heteroatoms. The molecule has 0 aliphatic heterocycles. The second-order valence-corrected chi connectivity index (χ2v) is 4.34. The van der Waals surface area contributed by atoms with Crippen molar-refractivity contribution < 1.29 is 9.53 Å². The number of hydrogen-bond donors (Lipinski definition) is 1. The van der Waals surface area contributed by atoms with Gasteiger partial charge in [0.1, 0.15) is 4.88 Å². The van der Waals surface area contributed by atoms with Crippen LogP contribution in [0.25, 0.3) is 0 Å². The van der Waals surface area contributed by atoms with Crippen LogP contribution in [0.5, 0.6) is 0 Å². The first-order valence-corrected chi connectivity index (χ1v) is 5.61. The maximum Gasteiger partial charge on any atom is 0.350 e.